The average Bonchev–Trinajstić information content (AvgIpc) is 2.61. The normalized spacial score (nSPS) is 17.4. The lowest BCUT2D eigenvalue weighted by Gasteiger charge is -2.02. The highest BCUT2D eigenvalue weighted by atomic mass is 32.2. The maximum atomic E-state index is 11.4. The molecule has 2 rings (SSSR count). The van der Waals surface area contributed by atoms with E-state index in [1.165, 1.54) is 11.8 Å². The van der Waals surface area contributed by atoms with Gasteiger partial charge in [-0.25, -0.2) is 0 Å². The number of thioether (sulfide) groups is 1. The number of amides is 1. The van der Waals surface area contributed by atoms with E-state index < -0.39 is 0 Å². The zero-order valence-electron chi connectivity index (χ0n) is 9.23. The van der Waals surface area contributed by atoms with Crippen LogP contribution in [0, 0.1) is 0 Å². The molecule has 1 heterocycles. The maximum absolute atomic E-state index is 11.4. The fourth-order valence-electron chi connectivity index (χ4n) is 1.40. The highest BCUT2D eigenvalue weighted by Gasteiger charge is 2.21. The van der Waals surface area contributed by atoms with Crippen LogP contribution in [-0.4, -0.2) is 16.8 Å². The monoisotopic (exact) mass is 265 g/mol. The van der Waals surface area contributed by atoms with Gasteiger partial charge in [-0.1, -0.05) is 36.1 Å². The Morgan fingerprint density at radius 1 is 1.41 bits per heavy atom. The van der Waals surface area contributed by atoms with Gasteiger partial charge in [0.15, 0.2) is 0 Å². The van der Waals surface area contributed by atoms with E-state index in [2.05, 4.69) is 5.32 Å². The van der Waals surface area contributed by atoms with Crippen LogP contribution in [0.5, 0.6) is 5.75 Å². The van der Waals surface area contributed by atoms with Gasteiger partial charge < -0.3 is 10.1 Å². The lowest BCUT2D eigenvalue weighted by molar-refractivity contribution is -0.115. The van der Waals surface area contributed by atoms with E-state index in [1.807, 2.05) is 37.3 Å². The topological polar surface area (TPSA) is 38.3 Å². The first-order chi connectivity index (χ1) is 8.19. The van der Waals surface area contributed by atoms with Crippen molar-refractivity contribution in [3.63, 3.8) is 0 Å². The van der Waals surface area contributed by atoms with Crippen LogP contribution in [0.2, 0.25) is 0 Å². The summed E-state index contributed by atoms with van der Waals surface area (Å²) in [6.07, 6.45) is 1.81. The minimum absolute atomic E-state index is 0.131. The van der Waals surface area contributed by atoms with Crippen molar-refractivity contribution in [2.24, 2.45) is 0 Å². The van der Waals surface area contributed by atoms with Crippen molar-refractivity contribution in [3.05, 3.63) is 34.7 Å². The van der Waals surface area contributed by atoms with Gasteiger partial charge in [0, 0.05) is 0 Å². The molecule has 0 spiro atoms. The number of hydrogen-bond acceptors (Lipinski definition) is 4. The number of benzene rings is 1. The van der Waals surface area contributed by atoms with Crippen molar-refractivity contribution in [1.82, 2.24) is 5.32 Å². The van der Waals surface area contributed by atoms with Gasteiger partial charge in [0.05, 0.1) is 11.5 Å². The Hall–Kier alpha value is -1.33. The SMILES string of the molecule is CCOc1ccc(C=C2SC(=S)NC2=O)cc1. The van der Waals surface area contributed by atoms with E-state index in [0.717, 1.165) is 11.3 Å². The molecule has 17 heavy (non-hydrogen) atoms. The van der Waals surface area contributed by atoms with Gasteiger partial charge in [0.25, 0.3) is 5.91 Å². The molecule has 0 unspecified atom stereocenters. The van der Waals surface area contributed by atoms with Crippen LogP contribution in [0.25, 0.3) is 6.08 Å². The number of carbonyl (C=O) groups excluding carboxylic acids is 1. The summed E-state index contributed by atoms with van der Waals surface area (Å²) in [7, 11) is 0. The molecule has 0 atom stereocenters. The number of carbonyl (C=O) groups is 1. The lowest BCUT2D eigenvalue weighted by atomic mass is 10.2. The molecule has 5 heteroatoms. The first kappa shape index (κ1) is 12.1. The number of thiocarbonyl (C=S) groups is 1. The number of rotatable bonds is 3. The molecular formula is C12H11NO2S2. The summed E-state index contributed by atoms with van der Waals surface area (Å²) in [5, 5.41) is 2.58. The van der Waals surface area contributed by atoms with E-state index in [1.54, 1.807) is 0 Å². The van der Waals surface area contributed by atoms with Crippen molar-refractivity contribution < 1.29 is 9.53 Å². The second-order valence-electron chi connectivity index (χ2n) is 3.35. The Morgan fingerprint density at radius 2 is 2.12 bits per heavy atom. The Bertz CT molecular complexity index is 480. The molecule has 1 aromatic rings. The molecule has 0 bridgehead atoms. The second-order valence-corrected chi connectivity index (χ2v) is 5.07. The number of nitrogens with one attached hydrogen (secondary N) is 1. The van der Waals surface area contributed by atoms with E-state index in [9.17, 15) is 4.79 Å². The minimum Gasteiger partial charge on any atom is -0.494 e. The summed E-state index contributed by atoms with van der Waals surface area (Å²) in [6, 6.07) is 7.58. The predicted molar refractivity (Wildman–Crippen MR) is 73.9 cm³/mol. The third-order valence-corrected chi connectivity index (χ3v) is 3.29. The quantitative estimate of drug-likeness (QED) is 0.673. The zero-order chi connectivity index (χ0) is 12.3. The molecule has 1 aliphatic rings. The van der Waals surface area contributed by atoms with Gasteiger partial charge in [-0.3, -0.25) is 4.79 Å². The standard InChI is InChI=1S/C12H11NO2S2/c1-2-15-9-5-3-8(4-6-9)7-10-11(14)13-12(16)17-10/h3-7H,2H2,1H3,(H,13,14,16). The van der Waals surface area contributed by atoms with Gasteiger partial charge in [-0.15, -0.1) is 0 Å². The summed E-state index contributed by atoms with van der Waals surface area (Å²) < 4.78 is 5.85. The molecule has 0 saturated carbocycles. The van der Waals surface area contributed by atoms with E-state index in [4.69, 9.17) is 17.0 Å². The molecule has 1 fully saturated rings. The van der Waals surface area contributed by atoms with Gasteiger partial charge in [0.1, 0.15) is 10.1 Å². The molecule has 3 nitrogen and oxygen atoms in total. The van der Waals surface area contributed by atoms with Gasteiger partial charge >= 0.3 is 0 Å². The fourth-order valence-corrected chi connectivity index (χ4v) is 2.44. The summed E-state index contributed by atoms with van der Waals surface area (Å²) in [5.41, 5.74) is 0.954. The van der Waals surface area contributed by atoms with Crippen LogP contribution in [0.15, 0.2) is 29.2 Å². The van der Waals surface area contributed by atoms with Crippen molar-refractivity contribution in [2.45, 2.75) is 6.92 Å². The molecule has 1 aliphatic heterocycles. The van der Waals surface area contributed by atoms with Crippen LogP contribution in [-0.2, 0) is 4.79 Å². The Labute approximate surface area is 109 Å². The highest BCUT2D eigenvalue weighted by Crippen LogP contribution is 2.26. The molecule has 1 saturated heterocycles. The van der Waals surface area contributed by atoms with Crippen LogP contribution in [0.3, 0.4) is 0 Å². The molecule has 0 aliphatic carbocycles. The van der Waals surface area contributed by atoms with Crippen LogP contribution < -0.4 is 10.1 Å². The average molecular weight is 265 g/mol. The van der Waals surface area contributed by atoms with E-state index in [-0.39, 0.29) is 5.91 Å². The predicted octanol–water partition coefficient (Wildman–Crippen LogP) is 2.57. The van der Waals surface area contributed by atoms with Crippen molar-refractivity contribution in [3.8, 4) is 5.75 Å². The molecule has 88 valence electrons. The van der Waals surface area contributed by atoms with E-state index >= 15 is 0 Å². The van der Waals surface area contributed by atoms with Gasteiger partial charge in [-0.2, -0.15) is 0 Å². The smallest absolute Gasteiger partial charge is 0.263 e. The summed E-state index contributed by atoms with van der Waals surface area (Å²) in [4.78, 5) is 12.1. The lowest BCUT2D eigenvalue weighted by Crippen LogP contribution is -2.17. The zero-order valence-corrected chi connectivity index (χ0v) is 10.9. The molecular weight excluding hydrogens is 254 g/mol. The number of ether oxygens (including phenoxy) is 1. The van der Waals surface area contributed by atoms with Crippen LogP contribution >= 0.6 is 24.0 Å². The Morgan fingerprint density at radius 3 is 2.65 bits per heavy atom. The first-order valence-electron chi connectivity index (χ1n) is 5.17. The van der Waals surface area contributed by atoms with E-state index in [0.29, 0.717) is 15.8 Å². The Kier molecular flexibility index (Phi) is 3.81. The maximum Gasteiger partial charge on any atom is 0.263 e. The first-order valence-corrected chi connectivity index (χ1v) is 6.39. The summed E-state index contributed by atoms with van der Waals surface area (Å²) in [6.45, 7) is 2.59. The third-order valence-electron chi connectivity index (χ3n) is 2.13. The summed E-state index contributed by atoms with van der Waals surface area (Å²) >= 11 is 6.20. The van der Waals surface area contributed by atoms with Gasteiger partial charge in [0.2, 0.25) is 0 Å². The van der Waals surface area contributed by atoms with Crippen LogP contribution in [0.1, 0.15) is 12.5 Å². The van der Waals surface area contributed by atoms with Crippen molar-refractivity contribution in [2.75, 3.05) is 6.61 Å². The van der Waals surface area contributed by atoms with Gasteiger partial charge in [-0.05, 0) is 30.7 Å². The second kappa shape index (κ2) is 5.33. The molecule has 1 aromatic carbocycles. The largest absolute Gasteiger partial charge is 0.494 e. The molecule has 1 N–H and O–H groups in total. The minimum atomic E-state index is -0.131. The van der Waals surface area contributed by atoms with Crippen molar-refractivity contribution in [1.29, 1.82) is 0 Å². The Balaban J connectivity index is 2.16. The van der Waals surface area contributed by atoms with Crippen molar-refractivity contribution >= 4 is 40.3 Å². The molecule has 0 radical (unpaired) electrons. The molecule has 0 aromatic heterocycles. The number of hydrogen-bond donors (Lipinski definition) is 1. The third kappa shape index (κ3) is 3.08. The highest BCUT2D eigenvalue weighted by molar-refractivity contribution is 8.26. The summed E-state index contributed by atoms with van der Waals surface area (Å²) in [5.74, 6) is 0.697. The van der Waals surface area contributed by atoms with Crippen LogP contribution in [0.4, 0.5) is 0 Å². The molecule has 1 amide bonds. The fraction of sp³-hybridized carbons (Fsp3) is 0.167.